The summed E-state index contributed by atoms with van der Waals surface area (Å²) in [4.78, 5) is 17.7. The van der Waals surface area contributed by atoms with Crippen LogP contribution in [-0.4, -0.2) is 70.8 Å². The number of amides is 1. The molecule has 0 aromatic carbocycles. The Kier molecular flexibility index (Phi) is 8.86. The Morgan fingerprint density at radius 2 is 2.12 bits per heavy atom. The van der Waals surface area contributed by atoms with E-state index in [4.69, 9.17) is 0 Å². The fraction of sp³-hybridized carbons (Fsp3) is 0.778. The SMILES string of the molecule is CCN1CCC(N(C)C(=O)[C@H]2CNC[C@@H]2c2cnn(C)c2)CC1C.Cl.Cl. The molecule has 2 aliphatic heterocycles. The van der Waals surface area contributed by atoms with Crippen molar-refractivity contribution in [2.24, 2.45) is 13.0 Å². The Hall–Kier alpha value is -0.820. The molecule has 1 N–H and O–H groups in total. The van der Waals surface area contributed by atoms with Crippen LogP contribution in [0.1, 0.15) is 38.2 Å². The van der Waals surface area contributed by atoms with Crippen molar-refractivity contribution in [3.63, 3.8) is 0 Å². The highest BCUT2D eigenvalue weighted by Gasteiger charge is 2.38. The first-order valence-electron chi connectivity index (χ1n) is 9.21. The zero-order valence-electron chi connectivity index (χ0n) is 16.2. The van der Waals surface area contributed by atoms with E-state index < -0.39 is 0 Å². The lowest BCUT2D eigenvalue weighted by Crippen LogP contribution is -2.51. The van der Waals surface area contributed by atoms with Crippen molar-refractivity contribution in [1.29, 1.82) is 0 Å². The van der Waals surface area contributed by atoms with Gasteiger partial charge in [-0.3, -0.25) is 9.48 Å². The highest BCUT2D eigenvalue weighted by atomic mass is 35.5. The first kappa shape index (κ1) is 23.2. The van der Waals surface area contributed by atoms with Crippen molar-refractivity contribution in [3.05, 3.63) is 18.0 Å². The number of nitrogens with one attached hydrogen (secondary N) is 1. The van der Waals surface area contributed by atoms with Crippen LogP contribution in [0.2, 0.25) is 0 Å². The van der Waals surface area contributed by atoms with Crippen LogP contribution in [0.4, 0.5) is 0 Å². The standard InChI is InChI=1S/C18H31N5O.2ClH/c1-5-23-7-6-15(8-13(23)2)22(4)18(24)17-11-19-10-16(17)14-9-20-21(3)12-14;;/h9,12-13,15-17,19H,5-8,10-11H2,1-4H3;2*1H/t13?,15?,16-,17+;;/m1../s1. The van der Waals surface area contributed by atoms with Crippen LogP contribution in [0.25, 0.3) is 0 Å². The van der Waals surface area contributed by atoms with E-state index in [0.29, 0.717) is 12.1 Å². The zero-order valence-corrected chi connectivity index (χ0v) is 17.9. The van der Waals surface area contributed by atoms with Crippen molar-refractivity contribution in [2.45, 2.75) is 44.7 Å². The Bertz CT molecular complexity index is 582. The van der Waals surface area contributed by atoms with E-state index in [-0.39, 0.29) is 42.6 Å². The minimum absolute atomic E-state index is 0. The van der Waals surface area contributed by atoms with Gasteiger partial charge in [0.25, 0.3) is 0 Å². The Morgan fingerprint density at radius 3 is 2.69 bits per heavy atom. The van der Waals surface area contributed by atoms with E-state index in [0.717, 1.165) is 39.0 Å². The average molecular weight is 406 g/mol. The number of aryl methyl sites for hydroxylation is 1. The number of piperidine rings is 1. The summed E-state index contributed by atoms with van der Waals surface area (Å²) in [5, 5.41) is 7.68. The van der Waals surface area contributed by atoms with Gasteiger partial charge >= 0.3 is 0 Å². The van der Waals surface area contributed by atoms with E-state index in [1.165, 1.54) is 5.56 Å². The van der Waals surface area contributed by atoms with E-state index >= 15 is 0 Å². The molecule has 150 valence electrons. The summed E-state index contributed by atoms with van der Waals surface area (Å²) in [7, 11) is 3.93. The van der Waals surface area contributed by atoms with Crippen LogP contribution in [-0.2, 0) is 11.8 Å². The number of hydrogen-bond acceptors (Lipinski definition) is 4. The summed E-state index contributed by atoms with van der Waals surface area (Å²) >= 11 is 0. The summed E-state index contributed by atoms with van der Waals surface area (Å²) < 4.78 is 1.82. The summed E-state index contributed by atoms with van der Waals surface area (Å²) in [5.41, 5.74) is 1.17. The monoisotopic (exact) mass is 405 g/mol. The number of nitrogens with zero attached hydrogens (tertiary/aromatic N) is 4. The van der Waals surface area contributed by atoms with Crippen molar-refractivity contribution in [1.82, 2.24) is 24.9 Å². The molecule has 4 atom stereocenters. The number of aromatic nitrogens is 2. The fourth-order valence-corrected chi connectivity index (χ4v) is 4.38. The number of carbonyl (C=O) groups is 1. The molecule has 0 aliphatic carbocycles. The molecule has 26 heavy (non-hydrogen) atoms. The van der Waals surface area contributed by atoms with Gasteiger partial charge in [-0.2, -0.15) is 5.10 Å². The molecular formula is C18H33Cl2N5O. The Labute approximate surface area is 169 Å². The van der Waals surface area contributed by atoms with E-state index in [1.807, 2.05) is 36.1 Å². The summed E-state index contributed by atoms with van der Waals surface area (Å²) in [5.74, 6) is 0.552. The number of rotatable bonds is 4. The molecule has 8 heteroatoms. The van der Waals surface area contributed by atoms with Crippen molar-refractivity contribution < 1.29 is 4.79 Å². The average Bonchev–Trinajstić information content (AvgIpc) is 3.21. The quantitative estimate of drug-likeness (QED) is 0.830. The predicted molar refractivity (Wildman–Crippen MR) is 109 cm³/mol. The third-order valence-corrected chi connectivity index (χ3v) is 5.97. The van der Waals surface area contributed by atoms with Gasteiger partial charge in [-0.1, -0.05) is 6.92 Å². The molecule has 2 saturated heterocycles. The Balaban J connectivity index is 0.00000169. The molecule has 6 nitrogen and oxygen atoms in total. The number of likely N-dealkylation sites (tertiary alicyclic amines) is 1. The second-order valence-corrected chi connectivity index (χ2v) is 7.42. The molecule has 0 saturated carbocycles. The van der Waals surface area contributed by atoms with Gasteiger partial charge in [0.15, 0.2) is 0 Å². The van der Waals surface area contributed by atoms with Gasteiger partial charge in [-0.15, -0.1) is 24.8 Å². The molecular weight excluding hydrogens is 373 g/mol. The second-order valence-electron chi connectivity index (χ2n) is 7.42. The maximum atomic E-state index is 13.1. The van der Waals surface area contributed by atoms with Crippen LogP contribution in [0.15, 0.2) is 12.4 Å². The van der Waals surface area contributed by atoms with E-state index in [2.05, 4.69) is 29.2 Å². The predicted octanol–water partition coefficient (Wildman–Crippen LogP) is 1.90. The second kappa shape index (κ2) is 9.93. The topological polar surface area (TPSA) is 53.4 Å². The molecule has 0 bridgehead atoms. The molecule has 2 fully saturated rings. The number of hydrogen-bond donors (Lipinski definition) is 1. The van der Waals surface area contributed by atoms with Crippen molar-refractivity contribution in [2.75, 3.05) is 33.2 Å². The van der Waals surface area contributed by atoms with Gasteiger partial charge in [0, 0.05) is 57.9 Å². The lowest BCUT2D eigenvalue weighted by Gasteiger charge is -2.41. The summed E-state index contributed by atoms with van der Waals surface area (Å²) in [6.07, 6.45) is 6.10. The molecule has 1 aromatic heterocycles. The van der Waals surface area contributed by atoms with Gasteiger partial charge in [-0.25, -0.2) is 0 Å². The maximum Gasteiger partial charge on any atom is 0.227 e. The van der Waals surface area contributed by atoms with Crippen LogP contribution < -0.4 is 5.32 Å². The lowest BCUT2D eigenvalue weighted by molar-refractivity contribution is -0.137. The highest BCUT2D eigenvalue weighted by molar-refractivity contribution is 5.85. The highest BCUT2D eigenvalue weighted by Crippen LogP contribution is 2.31. The van der Waals surface area contributed by atoms with Crippen LogP contribution in [0.5, 0.6) is 0 Å². The van der Waals surface area contributed by atoms with E-state index in [1.54, 1.807) is 0 Å². The largest absolute Gasteiger partial charge is 0.342 e. The van der Waals surface area contributed by atoms with Crippen LogP contribution >= 0.6 is 24.8 Å². The molecule has 3 heterocycles. The van der Waals surface area contributed by atoms with Crippen molar-refractivity contribution >= 4 is 30.7 Å². The van der Waals surface area contributed by atoms with Crippen LogP contribution in [0, 0.1) is 5.92 Å². The molecule has 2 aliphatic rings. The normalized spacial score (nSPS) is 28.9. The molecule has 0 spiro atoms. The summed E-state index contributed by atoms with van der Waals surface area (Å²) in [6, 6.07) is 0.922. The van der Waals surface area contributed by atoms with Crippen molar-refractivity contribution in [3.8, 4) is 0 Å². The summed E-state index contributed by atoms with van der Waals surface area (Å²) in [6.45, 7) is 8.32. The number of halogens is 2. The van der Waals surface area contributed by atoms with E-state index in [9.17, 15) is 4.79 Å². The first-order valence-corrected chi connectivity index (χ1v) is 9.21. The molecule has 2 unspecified atom stereocenters. The zero-order chi connectivity index (χ0) is 17.3. The first-order chi connectivity index (χ1) is 11.5. The molecule has 1 aromatic rings. The van der Waals surface area contributed by atoms with Gasteiger partial charge in [-0.05, 0) is 31.9 Å². The van der Waals surface area contributed by atoms with Gasteiger partial charge in [0.05, 0.1) is 12.1 Å². The minimum Gasteiger partial charge on any atom is -0.342 e. The minimum atomic E-state index is 0. The third kappa shape index (κ3) is 4.71. The smallest absolute Gasteiger partial charge is 0.227 e. The molecule has 0 radical (unpaired) electrons. The van der Waals surface area contributed by atoms with Crippen LogP contribution in [0.3, 0.4) is 0 Å². The Morgan fingerprint density at radius 1 is 1.38 bits per heavy atom. The molecule has 3 rings (SSSR count). The van der Waals surface area contributed by atoms with Gasteiger partial charge in [0.1, 0.15) is 0 Å². The third-order valence-electron chi connectivity index (χ3n) is 5.97. The maximum absolute atomic E-state index is 13.1. The van der Waals surface area contributed by atoms with Gasteiger partial charge in [0.2, 0.25) is 5.91 Å². The fourth-order valence-electron chi connectivity index (χ4n) is 4.38. The lowest BCUT2D eigenvalue weighted by atomic mass is 9.88. The number of carbonyl (C=O) groups excluding carboxylic acids is 1. The molecule has 1 amide bonds. The van der Waals surface area contributed by atoms with Gasteiger partial charge < -0.3 is 15.1 Å².